The molecule has 0 aliphatic rings. The minimum Gasteiger partial charge on any atom is -0.393 e. The Kier molecular flexibility index (Phi) is 3.03. The molecule has 0 unspecified atom stereocenters. The minimum atomic E-state index is -0.499. The van der Waals surface area contributed by atoms with Crippen LogP contribution in [0.1, 0.15) is 24.9 Å². The number of hydrogen-bond donors (Lipinski definition) is 2. The third kappa shape index (κ3) is 2.00. The molecule has 0 aromatic heterocycles. The van der Waals surface area contributed by atoms with Gasteiger partial charge in [0.25, 0.3) is 5.69 Å². The van der Waals surface area contributed by atoms with Crippen molar-refractivity contribution in [2.24, 2.45) is 5.73 Å². The number of rotatable bonds is 3. The van der Waals surface area contributed by atoms with E-state index in [0.717, 1.165) is 12.0 Å². The van der Waals surface area contributed by atoms with Crippen molar-refractivity contribution >= 4 is 11.4 Å². The molecule has 1 rings (SSSR count). The van der Waals surface area contributed by atoms with E-state index in [2.05, 4.69) is 0 Å². The zero-order valence-corrected chi connectivity index (χ0v) is 7.93. The van der Waals surface area contributed by atoms with Gasteiger partial charge >= 0.3 is 0 Å². The van der Waals surface area contributed by atoms with Crippen LogP contribution in [0, 0.1) is 10.1 Å². The molecule has 0 amide bonds. The summed E-state index contributed by atoms with van der Waals surface area (Å²) in [5.41, 5.74) is 12.0. The first-order valence-corrected chi connectivity index (χ1v) is 4.35. The highest BCUT2D eigenvalue weighted by molar-refractivity contribution is 5.59. The highest BCUT2D eigenvalue weighted by Crippen LogP contribution is 2.25. The molecule has 0 aliphatic carbocycles. The van der Waals surface area contributed by atoms with Crippen LogP contribution in [0.5, 0.6) is 0 Å². The lowest BCUT2D eigenvalue weighted by Gasteiger charge is -2.08. The fourth-order valence-electron chi connectivity index (χ4n) is 1.19. The van der Waals surface area contributed by atoms with Gasteiger partial charge in [-0.1, -0.05) is 13.0 Å². The number of nitrogen functional groups attached to an aromatic ring is 1. The van der Waals surface area contributed by atoms with Crippen LogP contribution < -0.4 is 11.5 Å². The number of nitrogens with two attached hydrogens (primary N) is 2. The molecule has 4 N–H and O–H groups in total. The van der Waals surface area contributed by atoms with Gasteiger partial charge < -0.3 is 11.5 Å². The monoisotopic (exact) mass is 195 g/mol. The predicted octanol–water partition coefficient (Wildman–Crippen LogP) is 1.59. The summed E-state index contributed by atoms with van der Waals surface area (Å²) < 4.78 is 0. The predicted molar refractivity (Wildman–Crippen MR) is 54.7 cm³/mol. The fourth-order valence-corrected chi connectivity index (χ4v) is 1.19. The Balaban J connectivity index is 3.12. The summed E-state index contributed by atoms with van der Waals surface area (Å²) in [4.78, 5) is 10.1. The van der Waals surface area contributed by atoms with Crippen LogP contribution in [-0.2, 0) is 0 Å². The number of benzene rings is 1. The molecule has 0 saturated heterocycles. The summed E-state index contributed by atoms with van der Waals surface area (Å²) in [6, 6.07) is 4.50. The molecule has 0 fully saturated rings. The molecule has 0 aliphatic heterocycles. The third-order valence-electron chi connectivity index (χ3n) is 2.12. The van der Waals surface area contributed by atoms with Crippen LogP contribution in [0.25, 0.3) is 0 Å². The van der Waals surface area contributed by atoms with E-state index >= 15 is 0 Å². The largest absolute Gasteiger partial charge is 0.393 e. The maximum absolute atomic E-state index is 10.6. The van der Waals surface area contributed by atoms with E-state index in [9.17, 15) is 10.1 Å². The number of nitrogens with zero attached hydrogens (tertiary/aromatic N) is 1. The third-order valence-corrected chi connectivity index (χ3v) is 2.12. The van der Waals surface area contributed by atoms with E-state index in [1.165, 1.54) is 12.1 Å². The van der Waals surface area contributed by atoms with E-state index in [1.807, 2.05) is 6.92 Å². The van der Waals surface area contributed by atoms with E-state index < -0.39 is 4.92 Å². The zero-order valence-electron chi connectivity index (χ0n) is 7.93. The molecule has 1 aromatic carbocycles. The second-order valence-electron chi connectivity index (χ2n) is 3.09. The molecular formula is C9H13N3O2. The molecule has 0 saturated carbocycles. The van der Waals surface area contributed by atoms with Crippen molar-refractivity contribution in [1.29, 1.82) is 0 Å². The second-order valence-corrected chi connectivity index (χ2v) is 3.09. The van der Waals surface area contributed by atoms with Crippen molar-refractivity contribution < 1.29 is 4.92 Å². The molecule has 1 atom stereocenters. The van der Waals surface area contributed by atoms with Crippen molar-refractivity contribution in [3.8, 4) is 0 Å². The molecular weight excluding hydrogens is 182 g/mol. The smallest absolute Gasteiger partial charge is 0.292 e. The Bertz CT molecular complexity index is 352. The Labute approximate surface area is 81.9 Å². The van der Waals surface area contributed by atoms with E-state index in [-0.39, 0.29) is 17.4 Å². The maximum Gasteiger partial charge on any atom is 0.292 e. The normalized spacial score (nSPS) is 12.4. The van der Waals surface area contributed by atoms with Gasteiger partial charge in [0.15, 0.2) is 0 Å². The van der Waals surface area contributed by atoms with Gasteiger partial charge in [0.1, 0.15) is 5.69 Å². The van der Waals surface area contributed by atoms with E-state index in [1.54, 1.807) is 6.07 Å². The van der Waals surface area contributed by atoms with Crippen LogP contribution in [-0.4, -0.2) is 4.92 Å². The lowest BCUT2D eigenvalue weighted by molar-refractivity contribution is -0.384. The Morgan fingerprint density at radius 3 is 2.71 bits per heavy atom. The van der Waals surface area contributed by atoms with Crippen molar-refractivity contribution in [2.75, 3.05) is 5.73 Å². The van der Waals surface area contributed by atoms with E-state index in [4.69, 9.17) is 11.5 Å². The number of nitro benzene ring substituents is 1. The summed E-state index contributed by atoms with van der Waals surface area (Å²) in [6.07, 6.45) is 0.737. The topological polar surface area (TPSA) is 95.2 Å². The number of hydrogen-bond acceptors (Lipinski definition) is 4. The summed E-state index contributed by atoms with van der Waals surface area (Å²) >= 11 is 0. The average Bonchev–Trinajstić information content (AvgIpc) is 2.17. The molecule has 5 heteroatoms. The molecule has 0 heterocycles. The quantitative estimate of drug-likeness (QED) is 0.435. The molecule has 1 aromatic rings. The van der Waals surface area contributed by atoms with Gasteiger partial charge in [-0.05, 0) is 18.1 Å². The van der Waals surface area contributed by atoms with Crippen molar-refractivity contribution in [2.45, 2.75) is 19.4 Å². The van der Waals surface area contributed by atoms with Gasteiger partial charge in [-0.25, -0.2) is 0 Å². The molecule has 0 radical (unpaired) electrons. The van der Waals surface area contributed by atoms with Crippen LogP contribution in [0.15, 0.2) is 18.2 Å². The SMILES string of the molecule is CC[C@@H](N)c1ccc(N)c([N+](=O)[O-])c1. The van der Waals surface area contributed by atoms with Crippen LogP contribution in [0.3, 0.4) is 0 Å². The minimum absolute atomic E-state index is 0.0774. The van der Waals surface area contributed by atoms with Gasteiger partial charge in [-0.2, -0.15) is 0 Å². The van der Waals surface area contributed by atoms with Crippen LogP contribution in [0.2, 0.25) is 0 Å². The first-order valence-electron chi connectivity index (χ1n) is 4.35. The van der Waals surface area contributed by atoms with E-state index in [0.29, 0.717) is 0 Å². The highest BCUT2D eigenvalue weighted by atomic mass is 16.6. The molecule has 0 bridgehead atoms. The standard InChI is InChI=1S/C9H13N3O2/c1-2-7(10)6-3-4-8(11)9(5-6)12(13)14/h3-5,7H,2,10-11H2,1H3/t7-/m1/s1. The second kappa shape index (κ2) is 4.06. The lowest BCUT2D eigenvalue weighted by Crippen LogP contribution is -2.09. The lowest BCUT2D eigenvalue weighted by atomic mass is 10.0. The summed E-state index contributed by atoms with van der Waals surface area (Å²) in [5, 5.41) is 10.6. The fraction of sp³-hybridized carbons (Fsp3) is 0.333. The Morgan fingerprint density at radius 2 is 2.21 bits per heavy atom. The van der Waals surface area contributed by atoms with Crippen LogP contribution >= 0.6 is 0 Å². The average molecular weight is 195 g/mol. The maximum atomic E-state index is 10.6. The van der Waals surface area contributed by atoms with Crippen molar-refractivity contribution in [3.05, 3.63) is 33.9 Å². The first kappa shape index (κ1) is 10.5. The Morgan fingerprint density at radius 1 is 1.57 bits per heavy atom. The molecule has 5 nitrogen and oxygen atoms in total. The zero-order chi connectivity index (χ0) is 10.7. The van der Waals surface area contributed by atoms with Gasteiger partial charge in [0.2, 0.25) is 0 Å². The van der Waals surface area contributed by atoms with Gasteiger partial charge in [0, 0.05) is 12.1 Å². The first-order chi connectivity index (χ1) is 6.56. The summed E-state index contributed by atoms with van der Waals surface area (Å²) in [5.74, 6) is 0. The Hall–Kier alpha value is -1.62. The summed E-state index contributed by atoms with van der Waals surface area (Å²) in [7, 11) is 0. The van der Waals surface area contributed by atoms with Crippen molar-refractivity contribution in [1.82, 2.24) is 0 Å². The number of nitro groups is 1. The van der Waals surface area contributed by atoms with Crippen LogP contribution in [0.4, 0.5) is 11.4 Å². The number of anilines is 1. The van der Waals surface area contributed by atoms with Crippen molar-refractivity contribution in [3.63, 3.8) is 0 Å². The highest BCUT2D eigenvalue weighted by Gasteiger charge is 2.14. The molecule has 76 valence electrons. The van der Waals surface area contributed by atoms with Gasteiger partial charge in [-0.3, -0.25) is 10.1 Å². The van der Waals surface area contributed by atoms with Gasteiger partial charge in [0.05, 0.1) is 4.92 Å². The molecule has 14 heavy (non-hydrogen) atoms. The molecule has 0 spiro atoms. The van der Waals surface area contributed by atoms with Gasteiger partial charge in [-0.15, -0.1) is 0 Å². The summed E-state index contributed by atoms with van der Waals surface area (Å²) in [6.45, 7) is 1.92.